The van der Waals surface area contributed by atoms with Crippen LogP contribution >= 0.6 is 11.6 Å². The summed E-state index contributed by atoms with van der Waals surface area (Å²) in [6.07, 6.45) is 0.745. The number of amides is 2. The molecule has 3 rings (SSSR count). The van der Waals surface area contributed by atoms with Crippen LogP contribution in [0.1, 0.15) is 38.3 Å². The minimum Gasteiger partial charge on any atom is -0.457 e. The Morgan fingerprint density at radius 3 is 2.50 bits per heavy atom. The Morgan fingerprint density at radius 1 is 1.14 bits per heavy atom. The van der Waals surface area contributed by atoms with Crippen molar-refractivity contribution in [3.8, 4) is 11.5 Å². The topological polar surface area (TPSA) is 72.6 Å². The molecule has 2 amide bonds. The molecule has 5 nitrogen and oxygen atoms in total. The number of carbonyl (C=O) groups is 2. The lowest BCUT2D eigenvalue weighted by molar-refractivity contribution is -0.142. The number of carbonyl (C=O) groups excluding carboxylic acids is 2. The Kier molecular flexibility index (Phi) is 5.66. The van der Waals surface area contributed by atoms with Crippen molar-refractivity contribution in [2.24, 2.45) is 11.1 Å². The number of benzene rings is 2. The molecule has 1 aliphatic heterocycles. The number of rotatable bonds is 4. The third-order valence-corrected chi connectivity index (χ3v) is 4.91. The molecule has 0 aliphatic carbocycles. The van der Waals surface area contributed by atoms with Crippen LogP contribution in [0.25, 0.3) is 0 Å². The molecule has 1 heterocycles. The van der Waals surface area contributed by atoms with Gasteiger partial charge < -0.3 is 15.4 Å². The lowest BCUT2D eigenvalue weighted by atomic mass is 9.89. The van der Waals surface area contributed by atoms with Crippen LogP contribution in [0.4, 0.5) is 0 Å². The van der Waals surface area contributed by atoms with Gasteiger partial charge in [0.1, 0.15) is 17.5 Å². The van der Waals surface area contributed by atoms with Crippen LogP contribution in [0.2, 0.25) is 5.02 Å². The van der Waals surface area contributed by atoms with E-state index in [-0.39, 0.29) is 11.3 Å². The molecule has 2 aromatic rings. The van der Waals surface area contributed by atoms with Gasteiger partial charge in [-0.25, -0.2) is 0 Å². The molecular weight excluding hydrogens is 376 g/mol. The van der Waals surface area contributed by atoms with E-state index in [0.717, 1.165) is 11.1 Å². The second kappa shape index (κ2) is 7.84. The summed E-state index contributed by atoms with van der Waals surface area (Å²) in [6, 6.07) is 12.2. The maximum atomic E-state index is 12.8. The molecule has 1 atom stereocenters. The van der Waals surface area contributed by atoms with E-state index in [1.54, 1.807) is 17.0 Å². The van der Waals surface area contributed by atoms with E-state index in [0.29, 0.717) is 35.9 Å². The SMILES string of the molecule is CC(C)(C)CC(=O)N1Cc2ccc(Oc3cccc(Cl)c3)cc2C[C@@H]1C(N)=O. The number of hydrogen-bond acceptors (Lipinski definition) is 3. The normalized spacial score (nSPS) is 16.4. The van der Waals surface area contributed by atoms with Crippen molar-refractivity contribution < 1.29 is 14.3 Å². The lowest BCUT2D eigenvalue weighted by Gasteiger charge is -2.36. The Hall–Kier alpha value is -2.53. The van der Waals surface area contributed by atoms with Gasteiger partial charge in [0.05, 0.1) is 0 Å². The average molecular weight is 401 g/mol. The van der Waals surface area contributed by atoms with Crippen molar-refractivity contribution >= 4 is 23.4 Å². The molecular formula is C22H25ClN2O3. The molecule has 0 aromatic heterocycles. The van der Waals surface area contributed by atoms with E-state index in [9.17, 15) is 9.59 Å². The molecule has 0 bridgehead atoms. The maximum Gasteiger partial charge on any atom is 0.240 e. The van der Waals surface area contributed by atoms with Gasteiger partial charge in [-0.05, 0) is 46.9 Å². The number of halogens is 1. The largest absolute Gasteiger partial charge is 0.457 e. The lowest BCUT2D eigenvalue weighted by Crippen LogP contribution is -2.51. The molecule has 6 heteroatoms. The van der Waals surface area contributed by atoms with Crippen LogP contribution in [-0.4, -0.2) is 22.8 Å². The van der Waals surface area contributed by atoms with Crippen molar-refractivity contribution in [2.45, 2.75) is 46.2 Å². The molecule has 0 fully saturated rings. The Labute approximate surface area is 170 Å². The quantitative estimate of drug-likeness (QED) is 0.831. The number of hydrogen-bond donors (Lipinski definition) is 1. The van der Waals surface area contributed by atoms with Crippen molar-refractivity contribution in [3.05, 3.63) is 58.6 Å². The van der Waals surface area contributed by atoms with Gasteiger partial charge >= 0.3 is 0 Å². The first-order valence-corrected chi connectivity index (χ1v) is 9.64. The standard InChI is InChI=1S/C22H25ClN2O3/c1-22(2,3)12-20(26)25-13-14-7-8-18(9-15(14)10-19(25)21(24)27)28-17-6-4-5-16(23)11-17/h4-9,11,19H,10,12-13H2,1-3H3,(H2,24,27)/t19-/m1/s1. The number of ether oxygens (including phenoxy) is 1. The summed E-state index contributed by atoms with van der Waals surface area (Å²) in [7, 11) is 0. The van der Waals surface area contributed by atoms with Crippen LogP contribution in [0.15, 0.2) is 42.5 Å². The molecule has 0 saturated carbocycles. The molecule has 0 saturated heterocycles. The summed E-state index contributed by atoms with van der Waals surface area (Å²) >= 11 is 6.00. The highest BCUT2D eigenvalue weighted by Crippen LogP contribution is 2.31. The van der Waals surface area contributed by atoms with Crippen LogP contribution in [0, 0.1) is 5.41 Å². The molecule has 0 spiro atoms. The molecule has 148 valence electrons. The van der Waals surface area contributed by atoms with Gasteiger partial charge in [-0.1, -0.05) is 44.5 Å². The van der Waals surface area contributed by atoms with Gasteiger partial charge in [-0.2, -0.15) is 0 Å². The predicted octanol–water partition coefficient (Wildman–Crippen LogP) is 4.31. The van der Waals surface area contributed by atoms with E-state index >= 15 is 0 Å². The Balaban J connectivity index is 1.84. The van der Waals surface area contributed by atoms with Crippen LogP contribution in [0.3, 0.4) is 0 Å². The minimum absolute atomic E-state index is 0.0544. The van der Waals surface area contributed by atoms with Gasteiger partial charge in [0.2, 0.25) is 11.8 Å². The fraction of sp³-hybridized carbons (Fsp3) is 0.364. The first-order chi connectivity index (χ1) is 13.1. The summed E-state index contributed by atoms with van der Waals surface area (Å²) in [5, 5.41) is 0.595. The van der Waals surface area contributed by atoms with Crippen LogP contribution in [-0.2, 0) is 22.6 Å². The smallest absolute Gasteiger partial charge is 0.240 e. The molecule has 2 aromatic carbocycles. The zero-order chi connectivity index (χ0) is 20.5. The Bertz CT molecular complexity index is 905. The summed E-state index contributed by atoms with van der Waals surface area (Å²) in [6.45, 7) is 6.37. The number of primary amides is 1. The van der Waals surface area contributed by atoms with Crippen LogP contribution < -0.4 is 10.5 Å². The van der Waals surface area contributed by atoms with Crippen molar-refractivity contribution in [3.63, 3.8) is 0 Å². The van der Waals surface area contributed by atoms with Gasteiger partial charge in [0, 0.05) is 24.4 Å². The van der Waals surface area contributed by atoms with E-state index in [1.165, 1.54) is 0 Å². The van der Waals surface area contributed by atoms with Crippen molar-refractivity contribution in [2.75, 3.05) is 0 Å². The third-order valence-electron chi connectivity index (χ3n) is 4.67. The van der Waals surface area contributed by atoms with E-state index in [1.807, 2.05) is 51.1 Å². The van der Waals surface area contributed by atoms with E-state index in [4.69, 9.17) is 22.1 Å². The van der Waals surface area contributed by atoms with Crippen LogP contribution in [0.5, 0.6) is 11.5 Å². The zero-order valence-corrected chi connectivity index (χ0v) is 17.1. The summed E-state index contributed by atoms with van der Waals surface area (Å²) in [5.41, 5.74) is 7.42. The summed E-state index contributed by atoms with van der Waals surface area (Å²) in [4.78, 5) is 26.4. The molecule has 0 unspecified atom stereocenters. The van der Waals surface area contributed by atoms with Gasteiger partial charge in [-0.3, -0.25) is 9.59 Å². The highest BCUT2D eigenvalue weighted by Gasteiger charge is 2.34. The molecule has 28 heavy (non-hydrogen) atoms. The average Bonchev–Trinajstić information content (AvgIpc) is 2.59. The third kappa shape index (κ3) is 4.84. The zero-order valence-electron chi connectivity index (χ0n) is 16.4. The number of fused-ring (bicyclic) bond motifs is 1. The van der Waals surface area contributed by atoms with Gasteiger partial charge in [-0.15, -0.1) is 0 Å². The fourth-order valence-corrected chi connectivity index (χ4v) is 3.54. The highest BCUT2D eigenvalue weighted by molar-refractivity contribution is 6.30. The molecule has 0 radical (unpaired) electrons. The summed E-state index contributed by atoms with van der Waals surface area (Å²) in [5.74, 6) is 0.741. The number of nitrogens with zero attached hydrogens (tertiary/aromatic N) is 1. The Morgan fingerprint density at radius 2 is 1.86 bits per heavy atom. The number of nitrogens with two attached hydrogens (primary N) is 1. The predicted molar refractivity (Wildman–Crippen MR) is 109 cm³/mol. The van der Waals surface area contributed by atoms with Gasteiger partial charge in [0.15, 0.2) is 0 Å². The fourth-order valence-electron chi connectivity index (χ4n) is 3.36. The second-order valence-electron chi connectivity index (χ2n) is 8.37. The first kappa shape index (κ1) is 20.2. The van der Waals surface area contributed by atoms with Gasteiger partial charge in [0.25, 0.3) is 0 Å². The highest BCUT2D eigenvalue weighted by atomic mass is 35.5. The van der Waals surface area contributed by atoms with Crippen molar-refractivity contribution in [1.29, 1.82) is 0 Å². The van der Waals surface area contributed by atoms with E-state index < -0.39 is 11.9 Å². The van der Waals surface area contributed by atoms with E-state index in [2.05, 4.69) is 0 Å². The minimum atomic E-state index is -0.649. The second-order valence-corrected chi connectivity index (χ2v) is 8.81. The molecule has 1 aliphatic rings. The summed E-state index contributed by atoms with van der Waals surface area (Å²) < 4.78 is 5.88. The first-order valence-electron chi connectivity index (χ1n) is 9.26. The maximum absolute atomic E-state index is 12.8. The molecule has 2 N–H and O–H groups in total. The monoisotopic (exact) mass is 400 g/mol. The van der Waals surface area contributed by atoms with Crippen molar-refractivity contribution in [1.82, 2.24) is 4.90 Å².